The molecule has 0 bridgehead atoms. The van der Waals surface area contributed by atoms with Crippen molar-refractivity contribution in [3.05, 3.63) is 39.5 Å². The highest BCUT2D eigenvalue weighted by molar-refractivity contribution is 14.1. The molecular weight excluding hydrogens is 421 g/mol. The Morgan fingerprint density at radius 2 is 2.05 bits per heavy atom. The van der Waals surface area contributed by atoms with Gasteiger partial charge in [0.15, 0.2) is 6.61 Å². The molecule has 21 heavy (non-hydrogen) atoms. The summed E-state index contributed by atoms with van der Waals surface area (Å²) < 4.78 is 59.8. The van der Waals surface area contributed by atoms with Crippen molar-refractivity contribution in [1.29, 1.82) is 0 Å². The number of alkyl halides is 2. The molecule has 0 aliphatic rings. The first-order chi connectivity index (χ1) is 9.45. The molecule has 0 radical (unpaired) electrons. The fourth-order valence-corrected chi connectivity index (χ4v) is 2.48. The van der Waals surface area contributed by atoms with Gasteiger partial charge in [-0.1, -0.05) is 18.2 Å². The van der Waals surface area contributed by atoms with Crippen molar-refractivity contribution < 1.29 is 31.3 Å². The highest BCUT2D eigenvalue weighted by atomic mass is 127. The minimum atomic E-state index is -5.63. The van der Waals surface area contributed by atoms with Crippen molar-refractivity contribution in [2.75, 3.05) is 6.61 Å². The lowest BCUT2D eigenvalue weighted by molar-refractivity contribution is -0.00951. The Hall–Kier alpha value is -1.07. The molecule has 5 nitrogen and oxygen atoms in total. The number of carbonyl (C=O) groups is 1. The van der Waals surface area contributed by atoms with Crippen LogP contribution in [0.15, 0.2) is 24.8 Å². The molecule has 0 aliphatic carbocycles. The van der Waals surface area contributed by atoms with Crippen LogP contribution in [-0.4, -0.2) is 30.8 Å². The molecular formula is C12H11F2IO5S. The molecule has 0 aromatic heterocycles. The van der Waals surface area contributed by atoms with Crippen LogP contribution in [0.2, 0.25) is 0 Å². The average Bonchev–Trinajstić information content (AvgIpc) is 2.34. The van der Waals surface area contributed by atoms with E-state index in [-0.39, 0.29) is 5.56 Å². The molecule has 0 amide bonds. The molecule has 0 saturated heterocycles. The predicted molar refractivity (Wildman–Crippen MR) is 80.6 cm³/mol. The third-order valence-electron chi connectivity index (χ3n) is 2.41. The van der Waals surface area contributed by atoms with Crippen LogP contribution in [-0.2, 0) is 14.9 Å². The molecule has 0 heterocycles. The minimum Gasteiger partial charge on any atom is -0.454 e. The van der Waals surface area contributed by atoms with Crippen LogP contribution in [0.5, 0.6) is 0 Å². The lowest BCUT2D eigenvalue weighted by Crippen LogP contribution is -2.34. The Balaban J connectivity index is 2.87. The third kappa shape index (κ3) is 4.45. The number of allylic oxidation sites excluding steroid dienone is 1. The number of rotatable bonds is 5. The van der Waals surface area contributed by atoms with Gasteiger partial charge < -0.3 is 4.74 Å². The van der Waals surface area contributed by atoms with Gasteiger partial charge in [0.25, 0.3) is 0 Å². The van der Waals surface area contributed by atoms with Crippen LogP contribution in [0, 0.1) is 3.57 Å². The summed E-state index contributed by atoms with van der Waals surface area (Å²) in [5.74, 6) is -1.12. The van der Waals surface area contributed by atoms with Crippen molar-refractivity contribution in [1.82, 2.24) is 0 Å². The summed E-state index contributed by atoms with van der Waals surface area (Å²) in [7, 11) is -5.63. The van der Waals surface area contributed by atoms with E-state index in [9.17, 15) is 22.0 Å². The van der Waals surface area contributed by atoms with Gasteiger partial charge >= 0.3 is 21.3 Å². The van der Waals surface area contributed by atoms with Gasteiger partial charge in [-0.25, -0.2) is 4.79 Å². The SMILES string of the molecule is C=C(C)c1ccc(C(=O)OCC(F)(F)S(=O)(=O)O)cc1I. The van der Waals surface area contributed by atoms with E-state index in [0.717, 1.165) is 11.1 Å². The number of hydrogen-bond acceptors (Lipinski definition) is 4. The van der Waals surface area contributed by atoms with Crippen LogP contribution in [0.4, 0.5) is 8.78 Å². The van der Waals surface area contributed by atoms with E-state index in [2.05, 4.69) is 11.3 Å². The normalized spacial score (nSPS) is 12.0. The number of benzene rings is 1. The van der Waals surface area contributed by atoms with E-state index in [0.29, 0.717) is 3.57 Å². The van der Waals surface area contributed by atoms with Crippen molar-refractivity contribution in [3.8, 4) is 0 Å². The summed E-state index contributed by atoms with van der Waals surface area (Å²) in [6.07, 6.45) is 0. The predicted octanol–water partition coefficient (Wildman–Crippen LogP) is 2.96. The first kappa shape index (κ1) is 18.0. The summed E-state index contributed by atoms with van der Waals surface area (Å²) in [6, 6.07) is 4.32. The molecule has 1 aromatic carbocycles. The summed E-state index contributed by atoms with van der Waals surface area (Å²) in [6.45, 7) is 3.75. The zero-order chi connectivity index (χ0) is 16.4. The van der Waals surface area contributed by atoms with Gasteiger partial charge in [-0.15, -0.1) is 0 Å². The van der Waals surface area contributed by atoms with Gasteiger partial charge in [0.2, 0.25) is 0 Å². The van der Waals surface area contributed by atoms with Crippen LogP contribution >= 0.6 is 22.6 Å². The van der Waals surface area contributed by atoms with E-state index in [1.165, 1.54) is 12.1 Å². The quantitative estimate of drug-likeness (QED) is 0.440. The molecule has 116 valence electrons. The van der Waals surface area contributed by atoms with Crippen LogP contribution < -0.4 is 0 Å². The van der Waals surface area contributed by atoms with Gasteiger partial charge in [-0.3, -0.25) is 4.55 Å². The molecule has 0 saturated carbocycles. The van der Waals surface area contributed by atoms with Crippen molar-refractivity contribution in [2.45, 2.75) is 12.2 Å². The van der Waals surface area contributed by atoms with E-state index >= 15 is 0 Å². The van der Waals surface area contributed by atoms with Crippen molar-refractivity contribution in [2.24, 2.45) is 0 Å². The second-order valence-electron chi connectivity index (χ2n) is 4.16. The van der Waals surface area contributed by atoms with E-state index in [1.807, 2.05) is 22.6 Å². The average molecular weight is 432 g/mol. The Morgan fingerprint density at radius 1 is 1.48 bits per heavy atom. The lowest BCUT2D eigenvalue weighted by Gasteiger charge is -2.13. The second-order valence-corrected chi connectivity index (χ2v) is 6.87. The number of halogens is 3. The highest BCUT2D eigenvalue weighted by Gasteiger charge is 2.45. The summed E-state index contributed by atoms with van der Waals surface area (Å²) >= 11 is 1.94. The number of esters is 1. The number of carbonyl (C=O) groups excluding carboxylic acids is 1. The highest BCUT2D eigenvalue weighted by Crippen LogP contribution is 2.23. The molecule has 1 aromatic rings. The Morgan fingerprint density at radius 3 is 2.48 bits per heavy atom. The zero-order valence-corrected chi connectivity index (χ0v) is 13.7. The fraction of sp³-hybridized carbons (Fsp3) is 0.250. The molecule has 0 atom stereocenters. The van der Waals surface area contributed by atoms with Crippen molar-refractivity contribution >= 4 is 44.3 Å². The first-order valence-corrected chi connectivity index (χ1v) is 7.95. The zero-order valence-electron chi connectivity index (χ0n) is 10.8. The second kappa shape index (κ2) is 6.36. The smallest absolute Gasteiger partial charge is 0.402 e. The third-order valence-corrected chi connectivity index (χ3v) is 4.18. The molecule has 1 N–H and O–H groups in total. The summed E-state index contributed by atoms with van der Waals surface area (Å²) in [5, 5.41) is -4.55. The van der Waals surface area contributed by atoms with Gasteiger partial charge in [-0.2, -0.15) is 17.2 Å². The molecule has 9 heteroatoms. The minimum absolute atomic E-state index is 0.0180. The van der Waals surface area contributed by atoms with Gasteiger partial charge in [0.1, 0.15) is 0 Å². The molecule has 0 spiro atoms. The lowest BCUT2D eigenvalue weighted by atomic mass is 10.1. The fourth-order valence-electron chi connectivity index (χ4n) is 1.30. The maximum absolute atomic E-state index is 12.9. The van der Waals surface area contributed by atoms with Crippen LogP contribution in [0.1, 0.15) is 22.8 Å². The van der Waals surface area contributed by atoms with E-state index in [1.54, 1.807) is 13.0 Å². The molecule has 0 fully saturated rings. The largest absolute Gasteiger partial charge is 0.454 e. The van der Waals surface area contributed by atoms with Gasteiger partial charge in [0.05, 0.1) is 5.56 Å². The molecule has 1 rings (SSSR count). The maximum Gasteiger partial charge on any atom is 0.402 e. The monoisotopic (exact) mass is 432 g/mol. The Labute approximate surface area is 133 Å². The first-order valence-electron chi connectivity index (χ1n) is 5.43. The maximum atomic E-state index is 12.9. The standard InChI is InChI=1S/C12H11F2IO5S/c1-7(2)9-4-3-8(5-10(9)15)11(16)20-6-12(13,14)21(17,18)19/h3-5H,1,6H2,2H3,(H,17,18,19). The van der Waals surface area contributed by atoms with Gasteiger partial charge in [-0.05, 0) is 47.2 Å². The van der Waals surface area contributed by atoms with E-state index < -0.39 is 27.9 Å². The molecule has 0 unspecified atom stereocenters. The summed E-state index contributed by atoms with van der Waals surface area (Å²) in [4.78, 5) is 11.6. The van der Waals surface area contributed by atoms with E-state index in [4.69, 9.17) is 4.55 Å². The van der Waals surface area contributed by atoms with Gasteiger partial charge in [0, 0.05) is 3.57 Å². The number of ether oxygens (including phenoxy) is 1. The topological polar surface area (TPSA) is 80.7 Å². The number of hydrogen-bond donors (Lipinski definition) is 1. The van der Waals surface area contributed by atoms with Crippen molar-refractivity contribution in [3.63, 3.8) is 0 Å². The Kier molecular flexibility index (Phi) is 5.45. The molecule has 0 aliphatic heterocycles. The van der Waals surface area contributed by atoms with Crippen LogP contribution in [0.3, 0.4) is 0 Å². The summed E-state index contributed by atoms with van der Waals surface area (Å²) in [5.41, 5.74) is 1.53. The van der Waals surface area contributed by atoms with Crippen LogP contribution in [0.25, 0.3) is 5.57 Å². The Bertz CT molecular complexity index is 685.